The summed E-state index contributed by atoms with van der Waals surface area (Å²) >= 11 is 0. The van der Waals surface area contributed by atoms with Crippen LogP contribution in [-0.4, -0.2) is 45.7 Å². The summed E-state index contributed by atoms with van der Waals surface area (Å²) < 4.78 is 0. The van der Waals surface area contributed by atoms with Gasteiger partial charge in [-0.25, -0.2) is 4.79 Å². The van der Waals surface area contributed by atoms with Gasteiger partial charge in [-0.2, -0.15) is 0 Å². The van der Waals surface area contributed by atoms with Crippen LogP contribution >= 0.6 is 0 Å². The van der Waals surface area contributed by atoms with Crippen LogP contribution in [0.15, 0.2) is 24.3 Å². The maximum atomic E-state index is 12.1. The number of fused-ring (bicyclic) bond motifs is 1. The molecule has 1 amide bonds. The molecule has 2 N–H and O–H groups in total. The van der Waals surface area contributed by atoms with E-state index in [1.807, 2.05) is 12.1 Å². The van der Waals surface area contributed by atoms with E-state index in [2.05, 4.69) is 0 Å². The van der Waals surface area contributed by atoms with E-state index in [1.54, 1.807) is 12.1 Å². The predicted octanol–water partition coefficient (Wildman–Crippen LogP) is 0.520. The minimum atomic E-state index is -1.91. The van der Waals surface area contributed by atoms with Gasteiger partial charge in [-0.3, -0.25) is 4.79 Å². The van der Waals surface area contributed by atoms with Crippen LogP contribution in [0.1, 0.15) is 22.8 Å². The Bertz CT molecular complexity index is 496. The highest BCUT2D eigenvalue weighted by Gasteiger charge is 2.35. The molecule has 1 aliphatic rings. The van der Waals surface area contributed by atoms with Gasteiger partial charge in [0.15, 0.2) is 5.60 Å². The first-order valence-corrected chi connectivity index (χ1v) is 5.75. The lowest BCUT2D eigenvalue weighted by Crippen LogP contribution is -2.50. The predicted molar refractivity (Wildman–Crippen MR) is 64.3 cm³/mol. The molecular formula is C13H15NO4. The van der Waals surface area contributed by atoms with Crippen LogP contribution < -0.4 is 0 Å². The fraction of sp³-hybridized carbons (Fsp3) is 0.385. The Labute approximate surface area is 105 Å². The van der Waals surface area contributed by atoms with Crippen LogP contribution in [0.5, 0.6) is 0 Å². The highest BCUT2D eigenvalue weighted by Crippen LogP contribution is 2.20. The van der Waals surface area contributed by atoms with E-state index in [0.717, 1.165) is 5.56 Å². The van der Waals surface area contributed by atoms with Crippen molar-refractivity contribution in [1.29, 1.82) is 0 Å². The monoisotopic (exact) mass is 249 g/mol. The lowest BCUT2D eigenvalue weighted by molar-refractivity contribution is -0.157. The number of carboxylic acids is 1. The molecule has 0 bridgehead atoms. The smallest absolute Gasteiger partial charge is 0.337 e. The van der Waals surface area contributed by atoms with Gasteiger partial charge in [0.25, 0.3) is 5.91 Å². The van der Waals surface area contributed by atoms with Crippen LogP contribution in [0, 0.1) is 0 Å². The summed E-state index contributed by atoms with van der Waals surface area (Å²) in [7, 11) is 0. The molecular weight excluding hydrogens is 234 g/mol. The Morgan fingerprint density at radius 1 is 1.44 bits per heavy atom. The van der Waals surface area contributed by atoms with Gasteiger partial charge in [0.05, 0.1) is 6.54 Å². The van der Waals surface area contributed by atoms with Gasteiger partial charge in [-0.15, -0.1) is 0 Å². The molecule has 5 nitrogen and oxygen atoms in total. The molecule has 96 valence electrons. The largest absolute Gasteiger partial charge is 0.479 e. The van der Waals surface area contributed by atoms with Crippen molar-refractivity contribution in [3.05, 3.63) is 35.4 Å². The Kier molecular flexibility index (Phi) is 3.09. The fourth-order valence-corrected chi connectivity index (χ4v) is 2.06. The molecule has 5 heteroatoms. The molecule has 0 saturated heterocycles. The zero-order chi connectivity index (χ0) is 13.3. The fourth-order valence-electron chi connectivity index (χ4n) is 2.06. The molecule has 0 saturated carbocycles. The Morgan fingerprint density at radius 3 is 2.78 bits per heavy atom. The summed E-state index contributed by atoms with van der Waals surface area (Å²) in [5.74, 6) is -1.55. The van der Waals surface area contributed by atoms with Crippen LogP contribution in [0.4, 0.5) is 0 Å². The number of carboxylic acid groups (broad SMARTS) is 1. The SMILES string of the molecule is CC(O)(CN1CCc2ccccc2C1=O)C(=O)O. The van der Waals surface area contributed by atoms with E-state index in [-0.39, 0.29) is 12.5 Å². The van der Waals surface area contributed by atoms with Crippen molar-refractivity contribution in [2.75, 3.05) is 13.1 Å². The third-order valence-electron chi connectivity index (χ3n) is 3.15. The minimum absolute atomic E-state index is 0.199. The third-order valence-corrected chi connectivity index (χ3v) is 3.15. The lowest BCUT2D eigenvalue weighted by atomic mass is 9.97. The van der Waals surface area contributed by atoms with Crippen molar-refractivity contribution < 1.29 is 19.8 Å². The highest BCUT2D eigenvalue weighted by molar-refractivity contribution is 5.97. The summed E-state index contributed by atoms with van der Waals surface area (Å²) in [5.41, 5.74) is -0.360. The molecule has 0 spiro atoms. The number of nitrogens with zero attached hydrogens (tertiary/aromatic N) is 1. The first-order valence-electron chi connectivity index (χ1n) is 5.75. The van der Waals surface area contributed by atoms with E-state index in [4.69, 9.17) is 5.11 Å². The number of β-amino-alcohol motifs (C(OH)–C–C–N with tert-alkyl or cyclic N) is 1. The van der Waals surface area contributed by atoms with Crippen molar-refractivity contribution in [2.24, 2.45) is 0 Å². The number of hydrogen-bond acceptors (Lipinski definition) is 3. The van der Waals surface area contributed by atoms with Gasteiger partial charge in [0, 0.05) is 12.1 Å². The number of amides is 1. The molecule has 1 atom stereocenters. The number of aliphatic hydroxyl groups is 1. The number of rotatable bonds is 3. The molecule has 18 heavy (non-hydrogen) atoms. The normalized spacial score (nSPS) is 18.1. The molecule has 1 unspecified atom stereocenters. The summed E-state index contributed by atoms with van der Waals surface area (Å²) in [4.78, 5) is 24.4. The molecule has 1 aromatic carbocycles. The second kappa shape index (κ2) is 4.42. The Morgan fingerprint density at radius 2 is 2.11 bits per heavy atom. The number of carbonyl (C=O) groups excluding carboxylic acids is 1. The molecule has 2 rings (SSSR count). The second-order valence-electron chi connectivity index (χ2n) is 4.71. The summed E-state index contributed by atoms with van der Waals surface area (Å²) in [6, 6.07) is 7.25. The van der Waals surface area contributed by atoms with Crippen LogP contribution in [-0.2, 0) is 11.2 Å². The van der Waals surface area contributed by atoms with E-state index >= 15 is 0 Å². The highest BCUT2D eigenvalue weighted by atomic mass is 16.4. The van der Waals surface area contributed by atoms with Crippen molar-refractivity contribution in [3.8, 4) is 0 Å². The van der Waals surface area contributed by atoms with Gasteiger partial charge < -0.3 is 15.1 Å². The average Bonchev–Trinajstić information content (AvgIpc) is 2.33. The Hall–Kier alpha value is -1.88. The zero-order valence-corrected chi connectivity index (χ0v) is 10.1. The maximum Gasteiger partial charge on any atom is 0.337 e. The topological polar surface area (TPSA) is 77.8 Å². The van der Waals surface area contributed by atoms with E-state index in [9.17, 15) is 14.7 Å². The molecule has 1 aliphatic heterocycles. The van der Waals surface area contributed by atoms with E-state index in [1.165, 1.54) is 11.8 Å². The number of benzene rings is 1. The zero-order valence-electron chi connectivity index (χ0n) is 10.1. The quantitative estimate of drug-likeness (QED) is 0.818. The van der Waals surface area contributed by atoms with Crippen molar-refractivity contribution in [3.63, 3.8) is 0 Å². The van der Waals surface area contributed by atoms with Gasteiger partial charge in [0.2, 0.25) is 0 Å². The molecule has 0 radical (unpaired) electrons. The van der Waals surface area contributed by atoms with Gasteiger partial charge in [-0.1, -0.05) is 18.2 Å². The summed E-state index contributed by atoms with van der Waals surface area (Å²) in [6.45, 7) is 1.43. The van der Waals surface area contributed by atoms with Crippen LogP contribution in [0.3, 0.4) is 0 Å². The second-order valence-corrected chi connectivity index (χ2v) is 4.71. The molecule has 0 aliphatic carbocycles. The lowest BCUT2D eigenvalue weighted by Gasteiger charge is -2.32. The standard InChI is InChI=1S/C13H15NO4/c1-13(18,12(16)17)8-14-7-6-9-4-2-3-5-10(9)11(14)15/h2-5,18H,6-8H2,1H3,(H,16,17). The first-order chi connectivity index (χ1) is 8.42. The average molecular weight is 249 g/mol. The summed E-state index contributed by atoms with van der Waals surface area (Å²) in [5, 5.41) is 18.6. The van der Waals surface area contributed by atoms with Crippen molar-refractivity contribution in [2.45, 2.75) is 18.9 Å². The minimum Gasteiger partial charge on any atom is -0.479 e. The van der Waals surface area contributed by atoms with Crippen LogP contribution in [0.25, 0.3) is 0 Å². The number of carbonyl (C=O) groups is 2. The van der Waals surface area contributed by atoms with Crippen LogP contribution in [0.2, 0.25) is 0 Å². The molecule has 1 heterocycles. The van der Waals surface area contributed by atoms with Gasteiger partial charge >= 0.3 is 5.97 Å². The number of hydrogen-bond donors (Lipinski definition) is 2. The maximum absolute atomic E-state index is 12.1. The van der Waals surface area contributed by atoms with Gasteiger partial charge in [-0.05, 0) is 25.0 Å². The molecule has 0 aromatic heterocycles. The van der Waals surface area contributed by atoms with Crippen molar-refractivity contribution in [1.82, 2.24) is 4.90 Å². The first kappa shape index (κ1) is 12.6. The van der Waals surface area contributed by atoms with Gasteiger partial charge in [0.1, 0.15) is 0 Å². The summed E-state index contributed by atoms with van der Waals surface area (Å²) in [6.07, 6.45) is 0.678. The molecule has 0 fully saturated rings. The third kappa shape index (κ3) is 2.22. The number of aliphatic carboxylic acids is 1. The molecule has 1 aromatic rings. The Balaban J connectivity index is 2.20. The van der Waals surface area contributed by atoms with Crippen molar-refractivity contribution >= 4 is 11.9 Å². The van der Waals surface area contributed by atoms with E-state index < -0.39 is 11.6 Å². The van der Waals surface area contributed by atoms with E-state index in [0.29, 0.717) is 18.5 Å².